The maximum Gasteiger partial charge on any atom is 0.142 e. The molecule has 0 aliphatic carbocycles. The molecule has 0 bridgehead atoms. The number of rotatable bonds is 4. The number of alkyl halides is 1. The Labute approximate surface area is 76.2 Å². The Morgan fingerprint density at radius 2 is 2.46 bits per heavy atom. The minimum Gasteiger partial charge on any atom is -0.385 e. The van der Waals surface area contributed by atoms with Crippen molar-refractivity contribution in [2.24, 2.45) is 0 Å². The SMILES string of the molecule is N#Cc1cc(NCCCF)ccn1. The van der Waals surface area contributed by atoms with Gasteiger partial charge in [0.2, 0.25) is 0 Å². The van der Waals surface area contributed by atoms with E-state index < -0.39 is 0 Å². The average Bonchev–Trinajstić information content (AvgIpc) is 2.19. The summed E-state index contributed by atoms with van der Waals surface area (Å²) < 4.78 is 11.7. The summed E-state index contributed by atoms with van der Waals surface area (Å²) in [6.45, 7) is 0.245. The Balaban J connectivity index is 2.52. The highest BCUT2D eigenvalue weighted by Crippen LogP contribution is 2.06. The number of nitrogens with one attached hydrogen (secondary N) is 1. The van der Waals surface area contributed by atoms with E-state index in [2.05, 4.69) is 10.3 Å². The van der Waals surface area contributed by atoms with E-state index in [0.29, 0.717) is 18.7 Å². The van der Waals surface area contributed by atoms with E-state index in [-0.39, 0.29) is 6.67 Å². The molecule has 13 heavy (non-hydrogen) atoms. The van der Waals surface area contributed by atoms with E-state index in [1.165, 1.54) is 0 Å². The van der Waals surface area contributed by atoms with Crippen molar-refractivity contribution in [2.45, 2.75) is 6.42 Å². The van der Waals surface area contributed by atoms with Gasteiger partial charge >= 0.3 is 0 Å². The third-order valence-electron chi connectivity index (χ3n) is 1.51. The Morgan fingerprint density at radius 1 is 1.62 bits per heavy atom. The second-order valence-corrected chi connectivity index (χ2v) is 2.51. The van der Waals surface area contributed by atoms with Crippen LogP contribution in [-0.2, 0) is 0 Å². The Bertz CT molecular complexity index is 306. The van der Waals surface area contributed by atoms with E-state index in [9.17, 15) is 4.39 Å². The Hall–Kier alpha value is -1.63. The molecule has 0 aromatic carbocycles. The van der Waals surface area contributed by atoms with E-state index >= 15 is 0 Å². The summed E-state index contributed by atoms with van der Waals surface area (Å²) in [5.41, 5.74) is 1.17. The van der Waals surface area contributed by atoms with Crippen LogP contribution < -0.4 is 5.32 Å². The molecule has 0 saturated carbocycles. The van der Waals surface area contributed by atoms with Crippen LogP contribution in [0.3, 0.4) is 0 Å². The Kier molecular flexibility index (Phi) is 3.71. The van der Waals surface area contributed by atoms with Crippen LogP contribution in [0.5, 0.6) is 0 Å². The lowest BCUT2D eigenvalue weighted by Gasteiger charge is -2.03. The second kappa shape index (κ2) is 5.09. The van der Waals surface area contributed by atoms with Crippen LogP contribution in [-0.4, -0.2) is 18.2 Å². The molecule has 1 heterocycles. The third-order valence-corrected chi connectivity index (χ3v) is 1.51. The normalized spacial score (nSPS) is 9.23. The highest BCUT2D eigenvalue weighted by atomic mass is 19.1. The zero-order chi connectivity index (χ0) is 9.52. The first-order valence-electron chi connectivity index (χ1n) is 4.03. The molecule has 1 aromatic heterocycles. The van der Waals surface area contributed by atoms with Gasteiger partial charge in [0.05, 0.1) is 6.67 Å². The largest absolute Gasteiger partial charge is 0.385 e. The second-order valence-electron chi connectivity index (χ2n) is 2.51. The zero-order valence-corrected chi connectivity index (χ0v) is 7.13. The van der Waals surface area contributed by atoms with Crippen LogP contribution >= 0.6 is 0 Å². The number of hydrogen-bond acceptors (Lipinski definition) is 3. The van der Waals surface area contributed by atoms with Crippen molar-refractivity contribution in [1.29, 1.82) is 5.26 Å². The smallest absolute Gasteiger partial charge is 0.142 e. The molecule has 0 fully saturated rings. The predicted molar refractivity (Wildman–Crippen MR) is 48.0 cm³/mol. The predicted octanol–water partition coefficient (Wildman–Crippen LogP) is 1.72. The van der Waals surface area contributed by atoms with Crippen LogP contribution in [0, 0.1) is 11.3 Å². The van der Waals surface area contributed by atoms with E-state index in [1.807, 2.05) is 6.07 Å². The van der Waals surface area contributed by atoms with Gasteiger partial charge in [0.25, 0.3) is 0 Å². The van der Waals surface area contributed by atoms with Crippen LogP contribution in [0.25, 0.3) is 0 Å². The average molecular weight is 179 g/mol. The highest BCUT2D eigenvalue weighted by molar-refractivity contribution is 5.45. The van der Waals surface area contributed by atoms with Crippen LogP contribution in [0.15, 0.2) is 18.3 Å². The summed E-state index contributed by atoms with van der Waals surface area (Å²) >= 11 is 0. The Morgan fingerprint density at radius 3 is 3.15 bits per heavy atom. The number of anilines is 1. The lowest BCUT2D eigenvalue weighted by molar-refractivity contribution is 0.481. The van der Waals surface area contributed by atoms with Crippen molar-refractivity contribution in [3.8, 4) is 6.07 Å². The number of nitriles is 1. The monoisotopic (exact) mass is 179 g/mol. The summed E-state index contributed by atoms with van der Waals surface area (Å²) in [4.78, 5) is 3.81. The fraction of sp³-hybridized carbons (Fsp3) is 0.333. The first-order chi connectivity index (χ1) is 6.36. The number of nitrogens with zero attached hydrogens (tertiary/aromatic N) is 2. The van der Waals surface area contributed by atoms with Gasteiger partial charge in [-0.15, -0.1) is 0 Å². The van der Waals surface area contributed by atoms with Gasteiger partial charge in [-0.2, -0.15) is 5.26 Å². The molecule has 1 N–H and O–H groups in total. The molecule has 0 aliphatic heterocycles. The van der Waals surface area contributed by atoms with Crippen LogP contribution in [0.2, 0.25) is 0 Å². The molecule has 0 spiro atoms. The summed E-state index contributed by atoms with van der Waals surface area (Å²) in [6, 6.07) is 5.32. The summed E-state index contributed by atoms with van der Waals surface area (Å²) in [7, 11) is 0. The van der Waals surface area contributed by atoms with Gasteiger partial charge in [0.15, 0.2) is 0 Å². The molecule has 0 unspecified atom stereocenters. The fourth-order valence-electron chi connectivity index (χ4n) is 0.901. The molecule has 3 nitrogen and oxygen atoms in total. The van der Waals surface area contributed by atoms with Crippen molar-refractivity contribution in [2.75, 3.05) is 18.5 Å². The van der Waals surface area contributed by atoms with Gasteiger partial charge in [0, 0.05) is 18.4 Å². The van der Waals surface area contributed by atoms with Crippen molar-refractivity contribution < 1.29 is 4.39 Å². The topological polar surface area (TPSA) is 48.7 Å². The van der Waals surface area contributed by atoms with Gasteiger partial charge in [-0.1, -0.05) is 0 Å². The molecule has 0 atom stereocenters. The lowest BCUT2D eigenvalue weighted by atomic mass is 10.3. The van der Waals surface area contributed by atoms with E-state index in [1.54, 1.807) is 18.3 Å². The van der Waals surface area contributed by atoms with Gasteiger partial charge in [0.1, 0.15) is 11.8 Å². The molecular weight excluding hydrogens is 169 g/mol. The standard InChI is InChI=1S/C9H10FN3/c10-3-1-4-12-8-2-5-13-9(6-8)7-11/h2,5-6H,1,3-4H2,(H,12,13). The lowest BCUT2D eigenvalue weighted by Crippen LogP contribution is -2.02. The quantitative estimate of drug-likeness (QED) is 0.716. The van der Waals surface area contributed by atoms with Gasteiger partial charge in [-0.05, 0) is 18.6 Å². The summed E-state index contributed by atoms with van der Waals surface area (Å²) in [5, 5.41) is 11.5. The van der Waals surface area contributed by atoms with Crippen molar-refractivity contribution in [3.05, 3.63) is 24.0 Å². The van der Waals surface area contributed by atoms with Gasteiger partial charge < -0.3 is 5.32 Å². The number of aromatic nitrogens is 1. The zero-order valence-electron chi connectivity index (χ0n) is 7.13. The molecule has 0 radical (unpaired) electrons. The third kappa shape index (κ3) is 3.08. The fourth-order valence-corrected chi connectivity index (χ4v) is 0.901. The summed E-state index contributed by atoms with van der Waals surface area (Å²) in [6.07, 6.45) is 2.03. The summed E-state index contributed by atoms with van der Waals surface area (Å²) in [5.74, 6) is 0. The molecule has 68 valence electrons. The minimum atomic E-state index is -0.330. The molecule has 1 aromatic rings. The number of pyridine rings is 1. The minimum absolute atomic E-state index is 0.330. The van der Waals surface area contributed by atoms with Crippen molar-refractivity contribution in [3.63, 3.8) is 0 Å². The number of hydrogen-bond donors (Lipinski definition) is 1. The van der Waals surface area contributed by atoms with Gasteiger partial charge in [-0.25, -0.2) is 4.98 Å². The van der Waals surface area contributed by atoms with E-state index in [4.69, 9.17) is 5.26 Å². The first kappa shape index (κ1) is 9.46. The van der Waals surface area contributed by atoms with Crippen molar-refractivity contribution >= 4 is 5.69 Å². The maximum atomic E-state index is 11.7. The highest BCUT2D eigenvalue weighted by Gasteiger charge is 1.94. The van der Waals surface area contributed by atoms with Crippen LogP contribution in [0.4, 0.5) is 10.1 Å². The first-order valence-corrected chi connectivity index (χ1v) is 4.03. The molecule has 4 heteroatoms. The van der Waals surface area contributed by atoms with Crippen molar-refractivity contribution in [1.82, 2.24) is 4.98 Å². The molecule has 1 rings (SSSR count). The maximum absolute atomic E-state index is 11.7. The molecule has 0 saturated heterocycles. The molecular formula is C9H10FN3. The molecule has 0 amide bonds. The van der Waals surface area contributed by atoms with Gasteiger partial charge in [-0.3, -0.25) is 4.39 Å². The van der Waals surface area contributed by atoms with Crippen LogP contribution in [0.1, 0.15) is 12.1 Å². The molecule has 0 aliphatic rings. The number of halogens is 1. The van der Waals surface area contributed by atoms with E-state index in [0.717, 1.165) is 5.69 Å².